The largest absolute Gasteiger partial charge is 0.507 e. The van der Waals surface area contributed by atoms with Crippen molar-refractivity contribution in [2.24, 2.45) is 0 Å². The molecule has 0 aromatic heterocycles. The molecular weight excluding hydrogens is 340 g/mol. The van der Waals surface area contributed by atoms with E-state index >= 15 is 0 Å². The second-order valence-electron chi connectivity index (χ2n) is 8.51. The van der Waals surface area contributed by atoms with E-state index in [2.05, 4.69) is 39.9 Å². The van der Waals surface area contributed by atoms with Crippen LogP contribution in [0.5, 0.6) is 11.5 Å². The lowest BCUT2D eigenvalue weighted by atomic mass is 9.85. The Labute approximate surface area is 157 Å². The van der Waals surface area contributed by atoms with E-state index in [-0.39, 0.29) is 12.4 Å². The highest BCUT2D eigenvalue weighted by atomic mass is 28.3. The van der Waals surface area contributed by atoms with E-state index in [1.54, 1.807) is 0 Å². The number of aromatic hydroxyl groups is 1. The first-order valence-electron chi connectivity index (χ1n) is 9.51. The molecule has 2 aromatic rings. The normalized spacial score (nSPS) is 15.2. The zero-order valence-corrected chi connectivity index (χ0v) is 17.5. The van der Waals surface area contributed by atoms with Crippen LogP contribution in [0.25, 0.3) is 11.1 Å². The highest BCUT2D eigenvalue weighted by Gasteiger charge is 2.36. The SMILES string of the molecule is CCCC[Si](C)(C)c1cc(O)c2c(c1)OC(C)(C)c1ccc(CO)cc1-2. The van der Waals surface area contributed by atoms with Crippen LogP contribution in [0.2, 0.25) is 19.1 Å². The molecule has 2 N–H and O–H groups in total. The molecule has 1 aliphatic heterocycles. The van der Waals surface area contributed by atoms with Crippen LogP contribution in [0.15, 0.2) is 30.3 Å². The Balaban J connectivity index is 2.17. The van der Waals surface area contributed by atoms with Crippen molar-refractivity contribution in [1.82, 2.24) is 0 Å². The molecule has 4 heteroatoms. The average Bonchev–Trinajstić information content (AvgIpc) is 2.58. The summed E-state index contributed by atoms with van der Waals surface area (Å²) in [6, 6.07) is 11.2. The molecule has 26 heavy (non-hydrogen) atoms. The summed E-state index contributed by atoms with van der Waals surface area (Å²) in [6.07, 6.45) is 2.40. The van der Waals surface area contributed by atoms with Crippen LogP contribution in [0.1, 0.15) is 44.7 Å². The molecule has 0 radical (unpaired) electrons. The summed E-state index contributed by atoms with van der Waals surface area (Å²) in [7, 11) is -1.63. The topological polar surface area (TPSA) is 49.7 Å². The van der Waals surface area contributed by atoms with E-state index in [0.29, 0.717) is 0 Å². The summed E-state index contributed by atoms with van der Waals surface area (Å²) in [4.78, 5) is 0. The molecule has 3 rings (SSSR count). The summed E-state index contributed by atoms with van der Waals surface area (Å²) in [5, 5.41) is 21.7. The number of hydrogen-bond acceptors (Lipinski definition) is 3. The fourth-order valence-electron chi connectivity index (χ4n) is 3.86. The minimum atomic E-state index is -1.63. The van der Waals surface area contributed by atoms with E-state index in [1.165, 1.54) is 24.1 Å². The molecule has 0 aliphatic carbocycles. The van der Waals surface area contributed by atoms with Crippen molar-refractivity contribution >= 4 is 13.3 Å². The van der Waals surface area contributed by atoms with Crippen molar-refractivity contribution in [2.75, 3.05) is 0 Å². The molecule has 0 saturated carbocycles. The van der Waals surface area contributed by atoms with Crippen LogP contribution >= 0.6 is 0 Å². The third-order valence-electron chi connectivity index (χ3n) is 5.57. The van der Waals surface area contributed by atoms with Crippen LogP contribution in [-0.4, -0.2) is 18.3 Å². The lowest BCUT2D eigenvalue weighted by Gasteiger charge is -2.36. The van der Waals surface area contributed by atoms with Gasteiger partial charge in [-0.1, -0.05) is 56.2 Å². The van der Waals surface area contributed by atoms with E-state index in [4.69, 9.17) is 4.74 Å². The van der Waals surface area contributed by atoms with E-state index in [1.807, 2.05) is 24.3 Å². The Morgan fingerprint density at radius 2 is 1.85 bits per heavy atom. The zero-order chi connectivity index (χ0) is 19.1. The molecule has 0 amide bonds. The van der Waals surface area contributed by atoms with Crippen molar-refractivity contribution in [3.05, 3.63) is 41.5 Å². The maximum absolute atomic E-state index is 10.9. The van der Waals surface area contributed by atoms with Crippen molar-refractivity contribution in [3.8, 4) is 22.6 Å². The highest BCUT2D eigenvalue weighted by molar-refractivity contribution is 6.89. The summed E-state index contributed by atoms with van der Waals surface area (Å²) in [6.45, 7) is 11.0. The van der Waals surface area contributed by atoms with Crippen molar-refractivity contribution < 1.29 is 14.9 Å². The van der Waals surface area contributed by atoms with Gasteiger partial charge in [-0.3, -0.25) is 0 Å². The monoisotopic (exact) mass is 370 g/mol. The Hall–Kier alpha value is -1.78. The van der Waals surface area contributed by atoms with Gasteiger partial charge in [0.15, 0.2) is 0 Å². The number of rotatable bonds is 5. The summed E-state index contributed by atoms with van der Waals surface area (Å²) < 4.78 is 6.34. The molecule has 0 unspecified atom stereocenters. The van der Waals surface area contributed by atoms with Crippen molar-refractivity contribution in [3.63, 3.8) is 0 Å². The number of hydrogen-bond donors (Lipinski definition) is 2. The standard InChI is InChI=1S/C22H30O3Si/c1-6-7-10-26(4,5)16-12-19(24)21-17-11-15(14-23)8-9-18(17)22(2,3)25-20(21)13-16/h8-9,11-13,23-24H,6-7,10,14H2,1-5H3. The fourth-order valence-corrected chi connectivity index (χ4v) is 6.43. The van der Waals surface area contributed by atoms with E-state index < -0.39 is 13.7 Å². The van der Waals surface area contributed by atoms with Gasteiger partial charge < -0.3 is 14.9 Å². The number of phenolic OH excluding ortho intramolecular Hbond substituents is 1. The van der Waals surface area contributed by atoms with Crippen molar-refractivity contribution in [1.29, 1.82) is 0 Å². The second kappa shape index (κ2) is 6.75. The quantitative estimate of drug-likeness (QED) is 0.736. The Morgan fingerprint density at radius 1 is 1.12 bits per heavy atom. The molecule has 0 bridgehead atoms. The average molecular weight is 371 g/mol. The van der Waals surface area contributed by atoms with Gasteiger partial charge in [-0.05, 0) is 43.2 Å². The maximum Gasteiger partial charge on any atom is 0.132 e. The van der Waals surface area contributed by atoms with Gasteiger partial charge in [0.25, 0.3) is 0 Å². The van der Waals surface area contributed by atoms with E-state index in [9.17, 15) is 10.2 Å². The van der Waals surface area contributed by atoms with Crippen LogP contribution in [0.3, 0.4) is 0 Å². The molecule has 1 heterocycles. The Bertz CT molecular complexity index is 824. The molecule has 0 saturated heterocycles. The molecule has 0 spiro atoms. The lowest BCUT2D eigenvalue weighted by molar-refractivity contribution is 0.105. The molecule has 2 aromatic carbocycles. The number of phenols is 1. The highest BCUT2D eigenvalue weighted by Crippen LogP contribution is 2.49. The summed E-state index contributed by atoms with van der Waals surface area (Å²) in [5.41, 5.74) is 3.11. The number of unbranched alkanes of at least 4 members (excludes halogenated alkanes) is 1. The van der Waals surface area contributed by atoms with Crippen molar-refractivity contribution in [2.45, 2.75) is 65.0 Å². The number of fused-ring (bicyclic) bond motifs is 3. The van der Waals surface area contributed by atoms with Gasteiger partial charge in [0.1, 0.15) is 17.1 Å². The molecule has 140 valence electrons. The van der Waals surface area contributed by atoms with Crippen LogP contribution in [-0.2, 0) is 12.2 Å². The van der Waals surface area contributed by atoms with Crippen LogP contribution in [0, 0.1) is 0 Å². The third-order valence-corrected chi connectivity index (χ3v) is 9.02. The van der Waals surface area contributed by atoms with Gasteiger partial charge in [0, 0.05) is 5.56 Å². The van der Waals surface area contributed by atoms with Gasteiger partial charge >= 0.3 is 0 Å². The minimum absolute atomic E-state index is 0.0142. The Morgan fingerprint density at radius 3 is 2.50 bits per heavy atom. The summed E-state index contributed by atoms with van der Waals surface area (Å²) in [5.74, 6) is 1.03. The number of ether oxygens (including phenoxy) is 1. The molecular formula is C22H30O3Si. The summed E-state index contributed by atoms with van der Waals surface area (Å²) >= 11 is 0. The van der Waals surface area contributed by atoms with Gasteiger partial charge in [0.2, 0.25) is 0 Å². The van der Waals surface area contributed by atoms with Gasteiger partial charge in [-0.25, -0.2) is 0 Å². The smallest absolute Gasteiger partial charge is 0.132 e. The predicted octanol–water partition coefficient (Wildman–Crippen LogP) is 4.89. The lowest BCUT2D eigenvalue weighted by Crippen LogP contribution is -2.41. The predicted molar refractivity (Wildman–Crippen MR) is 110 cm³/mol. The minimum Gasteiger partial charge on any atom is -0.507 e. The number of benzene rings is 2. The third kappa shape index (κ3) is 3.28. The second-order valence-corrected chi connectivity index (χ2v) is 13.4. The fraction of sp³-hybridized carbons (Fsp3) is 0.455. The first kappa shape index (κ1) is 19.0. The first-order valence-corrected chi connectivity index (χ1v) is 12.7. The molecule has 3 nitrogen and oxygen atoms in total. The van der Waals surface area contributed by atoms with Crippen LogP contribution in [0.4, 0.5) is 0 Å². The number of aliphatic hydroxyl groups is 1. The molecule has 0 fully saturated rings. The molecule has 1 aliphatic rings. The zero-order valence-electron chi connectivity index (χ0n) is 16.5. The van der Waals surface area contributed by atoms with Gasteiger partial charge in [-0.15, -0.1) is 0 Å². The van der Waals surface area contributed by atoms with Crippen LogP contribution < -0.4 is 9.92 Å². The van der Waals surface area contributed by atoms with Gasteiger partial charge in [-0.2, -0.15) is 0 Å². The number of aliphatic hydroxyl groups excluding tert-OH is 1. The molecule has 0 atom stereocenters. The van der Waals surface area contributed by atoms with Gasteiger partial charge in [0.05, 0.1) is 20.2 Å². The first-order chi connectivity index (χ1) is 12.2. The Kier molecular flexibility index (Phi) is 4.93. The maximum atomic E-state index is 10.9. The van der Waals surface area contributed by atoms with E-state index in [0.717, 1.165) is 28.0 Å².